The summed E-state index contributed by atoms with van der Waals surface area (Å²) in [4.78, 5) is 29.6. The number of H-pyrrole nitrogens is 2. The number of nitrogens with one attached hydrogen (secondary N) is 3. The monoisotopic (exact) mass is 259 g/mol. The molecule has 7 nitrogen and oxygen atoms in total. The van der Waals surface area contributed by atoms with Gasteiger partial charge >= 0.3 is 5.69 Å². The van der Waals surface area contributed by atoms with Crippen LogP contribution in [0, 0.1) is 5.92 Å². The molecule has 0 saturated heterocycles. The van der Waals surface area contributed by atoms with Gasteiger partial charge in [0.2, 0.25) is 5.91 Å². The van der Waals surface area contributed by atoms with Gasteiger partial charge in [-0.05, 0) is 18.1 Å². The molecule has 0 saturated carbocycles. The molecule has 1 aliphatic carbocycles. The fraction of sp³-hybridized carbons (Fsp3) is 0.333. The Kier molecular flexibility index (Phi) is 2.86. The normalized spacial score (nSPS) is 17.2. The predicted molar refractivity (Wildman–Crippen MR) is 66.2 cm³/mol. The topological polar surface area (TPSA) is 104 Å². The van der Waals surface area contributed by atoms with Crippen molar-refractivity contribution in [3.05, 3.63) is 45.9 Å². The average molecular weight is 259 g/mol. The van der Waals surface area contributed by atoms with E-state index < -0.39 is 0 Å². The Morgan fingerprint density at radius 3 is 3.11 bits per heavy atom. The molecule has 0 bridgehead atoms. The first kappa shape index (κ1) is 11.6. The van der Waals surface area contributed by atoms with Gasteiger partial charge in [0.1, 0.15) is 5.82 Å². The first-order chi connectivity index (χ1) is 9.22. The quantitative estimate of drug-likeness (QED) is 0.692. The Labute approximate surface area is 108 Å². The summed E-state index contributed by atoms with van der Waals surface area (Å²) in [5, 5.41) is 8.76. The van der Waals surface area contributed by atoms with Gasteiger partial charge in [-0.1, -0.05) is 6.07 Å². The Bertz CT molecular complexity index is 635. The van der Waals surface area contributed by atoms with Crippen molar-refractivity contribution < 1.29 is 4.79 Å². The maximum Gasteiger partial charge on any atom is 0.340 e. The van der Waals surface area contributed by atoms with Gasteiger partial charge in [0.15, 0.2) is 0 Å². The number of amides is 1. The summed E-state index contributed by atoms with van der Waals surface area (Å²) in [6.07, 6.45) is 3.12. The third kappa shape index (κ3) is 2.40. The molecule has 7 heteroatoms. The molecule has 3 rings (SSSR count). The van der Waals surface area contributed by atoms with Crippen molar-refractivity contribution in [2.45, 2.75) is 19.4 Å². The van der Waals surface area contributed by atoms with E-state index in [1.807, 2.05) is 12.1 Å². The Hall–Kier alpha value is -2.44. The molecule has 0 radical (unpaired) electrons. The second-order valence-electron chi connectivity index (χ2n) is 4.56. The van der Waals surface area contributed by atoms with E-state index in [-0.39, 0.29) is 24.1 Å². The van der Waals surface area contributed by atoms with Crippen LogP contribution in [0.15, 0.2) is 23.1 Å². The van der Waals surface area contributed by atoms with Crippen LogP contribution in [0.25, 0.3) is 0 Å². The Morgan fingerprint density at radius 1 is 1.47 bits per heavy atom. The van der Waals surface area contributed by atoms with Crippen molar-refractivity contribution in [3.63, 3.8) is 0 Å². The zero-order valence-corrected chi connectivity index (χ0v) is 10.1. The van der Waals surface area contributed by atoms with Gasteiger partial charge in [0.05, 0.1) is 6.54 Å². The highest BCUT2D eigenvalue weighted by Crippen LogP contribution is 2.24. The Morgan fingerprint density at radius 2 is 2.37 bits per heavy atom. The fourth-order valence-electron chi connectivity index (χ4n) is 2.30. The number of fused-ring (bicyclic) bond motifs is 1. The third-order valence-electron chi connectivity index (χ3n) is 3.24. The van der Waals surface area contributed by atoms with Crippen molar-refractivity contribution in [1.82, 2.24) is 25.5 Å². The lowest BCUT2D eigenvalue weighted by molar-refractivity contribution is -0.124. The largest absolute Gasteiger partial charge is 0.349 e. The second-order valence-corrected chi connectivity index (χ2v) is 4.56. The second kappa shape index (κ2) is 4.68. The standard InChI is InChI=1S/C12H13N5O2/c18-11(14-6-10-15-12(19)17-16-10)8-4-7-2-1-3-13-9(7)5-8/h1-3,8H,4-6H2,(H,14,18)(H2,15,16,17,19). The molecule has 1 amide bonds. The lowest BCUT2D eigenvalue weighted by atomic mass is 10.1. The lowest BCUT2D eigenvalue weighted by Crippen LogP contribution is -2.31. The molecule has 2 aromatic rings. The average Bonchev–Trinajstić information content (AvgIpc) is 3.01. The number of aromatic nitrogens is 4. The van der Waals surface area contributed by atoms with E-state index in [0.29, 0.717) is 18.7 Å². The van der Waals surface area contributed by atoms with Crippen molar-refractivity contribution in [2.24, 2.45) is 5.92 Å². The first-order valence-electron chi connectivity index (χ1n) is 6.06. The van der Waals surface area contributed by atoms with Crippen LogP contribution in [0.5, 0.6) is 0 Å². The van der Waals surface area contributed by atoms with E-state index in [9.17, 15) is 9.59 Å². The van der Waals surface area contributed by atoms with Crippen LogP contribution < -0.4 is 11.0 Å². The van der Waals surface area contributed by atoms with Gasteiger partial charge in [-0.2, -0.15) is 5.10 Å². The van der Waals surface area contributed by atoms with E-state index in [2.05, 4.69) is 25.5 Å². The molecule has 98 valence electrons. The number of pyridine rings is 1. The number of nitrogens with zero attached hydrogens (tertiary/aromatic N) is 2. The van der Waals surface area contributed by atoms with Crippen LogP contribution in [0.2, 0.25) is 0 Å². The maximum absolute atomic E-state index is 12.0. The molecule has 0 fully saturated rings. The Balaban J connectivity index is 1.59. The van der Waals surface area contributed by atoms with Crippen LogP contribution in [0.3, 0.4) is 0 Å². The van der Waals surface area contributed by atoms with Crippen LogP contribution in [0.4, 0.5) is 0 Å². The van der Waals surface area contributed by atoms with Crippen LogP contribution >= 0.6 is 0 Å². The van der Waals surface area contributed by atoms with Crippen LogP contribution in [-0.2, 0) is 24.2 Å². The molecule has 19 heavy (non-hydrogen) atoms. The molecule has 2 heterocycles. The maximum atomic E-state index is 12.0. The highest BCUT2D eigenvalue weighted by atomic mass is 16.2. The van der Waals surface area contributed by atoms with Gasteiger partial charge in [-0.15, -0.1) is 0 Å². The number of hydrogen-bond acceptors (Lipinski definition) is 4. The minimum Gasteiger partial charge on any atom is -0.349 e. The summed E-state index contributed by atoms with van der Waals surface area (Å²) in [6.45, 7) is 0.220. The van der Waals surface area contributed by atoms with Crippen LogP contribution in [-0.4, -0.2) is 26.1 Å². The molecule has 1 unspecified atom stereocenters. The third-order valence-corrected chi connectivity index (χ3v) is 3.24. The minimum absolute atomic E-state index is 0.0400. The fourth-order valence-corrected chi connectivity index (χ4v) is 2.30. The highest BCUT2D eigenvalue weighted by molar-refractivity contribution is 5.80. The highest BCUT2D eigenvalue weighted by Gasteiger charge is 2.27. The van der Waals surface area contributed by atoms with E-state index in [0.717, 1.165) is 11.3 Å². The number of rotatable bonds is 3. The molecule has 3 N–H and O–H groups in total. The lowest BCUT2D eigenvalue weighted by Gasteiger charge is -2.08. The molecule has 1 aliphatic rings. The molecule has 0 spiro atoms. The van der Waals surface area contributed by atoms with Gasteiger partial charge in [-0.3, -0.25) is 14.8 Å². The van der Waals surface area contributed by atoms with Crippen LogP contribution in [0.1, 0.15) is 17.1 Å². The zero-order chi connectivity index (χ0) is 13.2. The van der Waals surface area contributed by atoms with Gasteiger partial charge in [0, 0.05) is 24.2 Å². The number of carbonyl (C=O) groups is 1. The first-order valence-corrected chi connectivity index (χ1v) is 6.06. The van der Waals surface area contributed by atoms with Gasteiger partial charge in [0.25, 0.3) is 0 Å². The molecule has 1 atom stereocenters. The molecule has 0 aliphatic heterocycles. The van der Waals surface area contributed by atoms with Crippen molar-refractivity contribution >= 4 is 5.91 Å². The smallest absolute Gasteiger partial charge is 0.340 e. The van der Waals surface area contributed by atoms with Crippen molar-refractivity contribution in [2.75, 3.05) is 0 Å². The summed E-state index contributed by atoms with van der Waals surface area (Å²) in [7, 11) is 0. The summed E-state index contributed by atoms with van der Waals surface area (Å²) < 4.78 is 0. The molecule has 2 aromatic heterocycles. The summed E-state index contributed by atoms with van der Waals surface area (Å²) in [6, 6.07) is 3.88. The van der Waals surface area contributed by atoms with E-state index in [1.54, 1.807) is 6.20 Å². The number of hydrogen-bond donors (Lipinski definition) is 3. The summed E-state index contributed by atoms with van der Waals surface area (Å²) in [5.41, 5.74) is 1.76. The van der Waals surface area contributed by atoms with Crippen molar-refractivity contribution in [1.29, 1.82) is 0 Å². The number of aromatic amines is 2. The summed E-state index contributed by atoms with van der Waals surface area (Å²) in [5.74, 6) is 0.296. The molecular weight excluding hydrogens is 246 g/mol. The van der Waals surface area contributed by atoms with E-state index in [1.165, 1.54) is 0 Å². The number of carbonyl (C=O) groups excluding carboxylic acids is 1. The molecular formula is C12H13N5O2. The molecule has 0 aromatic carbocycles. The van der Waals surface area contributed by atoms with Gasteiger partial charge in [-0.25, -0.2) is 9.89 Å². The van der Waals surface area contributed by atoms with E-state index >= 15 is 0 Å². The zero-order valence-electron chi connectivity index (χ0n) is 10.1. The van der Waals surface area contributed by atoms with Gasteiger partial charge < -0.3 is 5.32 Å². The summed E-state index contributed by atoms with van der Waals surface area (Å²) >= 11 is 0. The SMILES string of the molecule is O=C(NCc1n[nH]c(=O)[nH]1)C1Cc2cccnc2C1. The van der Waals surface area contributed by atoms with E-state index in [4.69, 9.17) is 0 Å². The van der Waals surface area contributed by atoms with Crippen molar-refractivity contribution in [3.8, 4) is 0 Å². The minimum atomic E-state index is -0.373. The predicted octanol–water partition coefficient (Wildman–Crippen LogP) is -0.476.